The van der Waals surface area contributed by atoms with Crippen LogP contribution in [0.2, 0.25) is 0 Å². The minimum Gasteiger partial charge on any atom is -0.316 e. The summed E-state index contributed by atoms with van der Waals surface area (Å²) in [6.45, 7) is 13.5. The monoisotopic (exact) mass is 279 g/mol. The molecule has 0 amide bonds. The summed E-state index contributed by atoms with van der Waals surface area (Å²) in [5, 5.41) is 12.6. The van der Waals surface area contributed by atoms with Gasteiger partial charge in [0.2, 0.25) is 0 Å². The number of nitrogens with one attached hydrogen (secondary N) is 1. The first kappa shape index (κ1) is 17.5. The molecule has 1 heterocycles. The molecule has 1 fully saturated rings. The third-order valence-electron chi connectivity index (χ3n) is 4.42. The molecule has 0 radical (unpaired) electrons. The van der Waals surface area contributed by atoms with Crippen molar-refractivity contribution in [2.75, 3.05) is 26.2 Å². The first-order valence-corrected chi connectivity index (χ1v) is 8.30. The number of unbranched alkanes of at least 4 members (excludes halogenated alkanes) is 1. The Morgan fingerprint density at radius 3 is 2.65 bits per heavy atom. The van der Waals surface area contributed by atoms with Crippen LogP contribution >= 0.6 is 0 Å². The zero-order chi connectivity index (χ0) is 15.0. The SMILES string of the molecule is CC(C)N(CCCCC(C)(C)C#N)CC1CCCNC1. The summed E-state index contributed by atoms with van der Waals surface area (Å²) in [7, 11) is 0. The van der Waals surface area contributed by atoms with E-state index in [0.717, 1.165) is 18.8 Å². The first-order chi connectivity index (χ1) is 9.44. The molecule has 1 rings (SSSR count). The topological polar surface area (TPSA) is 39.1 Å². The quantitative estimate of drug-likeness (QED) is 0.692. The maximum Gasteiger partial charge on any atom is 0.0683 e. The molecule has 1 N–H and O–H groups in total. The summed E-state index contributed by atoms with van der Waals surface area (Å²) < 4.78 is 0. The number of piperidine rings is 1. The lowest BCUT2D eigenvalue weighted by molar-refractivity contribution is 0.167. The molecule has 1 aliphatic rings. The molecule has 0 aromatic heterocycles. The van der Waals surface area contributed by atoms with Crippen molar-refractivity contribution in [3.63, 3.8) is 0 Å². The van der Waals surface area contributed by atoms with Crippen LogP contribution in [0.25, 0.3) is 0 Å². The van der Waals surface area contributed by atoms with Crippen molar-refractivity contribution in [2.24, 2.45) is 11.3 Å². The highest BCUT2D eigenvalue weighted by atomic mass is 15.1. The van der Waals surface area contributed by atoms with Crippen LogP contribution in [0.15, 0.2) is 0 Å². The minimum absolute atomic E-state index is 0.157. The lowest BCUT2D eigenvalue weighted by Gasteiger charge is -2.33. The Balaban J connectivity index is 2.27. The molecule has 1 aliphatic heterocycles. The smallest absolute Gasteiger partial charge is 0.0683 e. The molecular formula is C17H33N3. The van der Waals surface area contributed by atoms with E-state index in [1.807, 2.05) is 13.8 Å². The predicted molar refractivity (Wildman–Crippen MR) is 85.5 cm³/mol. The van der Waals surface area contributed by atoms with Gasteiger partial charge in [-0.25, -0.2) is 0 Å². The van der Waals surface area contributed by atoms with E-state index in [0.29, 0.717) is 6.04 Å². The van der Waals surface area contributed by atoms with Crippen LogP contribution in [0.1, 0.15) is 59.8 Å². The molecule has 0 aromatic rings. The van der Waals surface area contributed by atoms with Gasteiger partial charge in [0.15, 0.2) is 0 Å². The van der Waals surface area contributed by atoms with Gasteiger partial charge in [-0.1, -0.05) is 6.42 Å². The second-order valence-corrected chi connectivity index (χ2v) is 7.25. The van der Waals surface area contributed by atoms with Gasteiger partial charge in [-0.05, 0) is 78.9 Å². The average Bonchev–Trinajstić information content (AvgIpc) is 2.43. The van der Waals surface area contributed by atoms with E-state index in [-0.39, 0.29) is 5.41 Å². The molecule has 0 aromatic carbocycles. The van der Waals surface area contributed by atoms with E-state index in [4.69, 9.17) is 5.26 Å². The first-order valence-electron chi connectivity index (χ1n) is 8.30. The Hall–Kier alpha value is -0.590. The Morgan fingerprint density at radius 1 is 1.35 bits per heavy atom. The Labute approximate surface area is 125 Å². The normalized spacial score (nSPS) is 20.4. The lowest BCUT2D eigenvalue weighted by Crippen LogP contribution is -2.41. The number of rotatable bonds is 8. The molecule has 0 aliphatic carbocycles. The maximum absolute atomic E-state index is 9.04. The molecule has 0 bridgehead atoms. The summed E-state index contributed by atoms with van der Waals surface area (Å²) in [6, 6.07) is 3.02. The highest BCUT2D eigenvalue weighted by Gasteiger charge is 2.19. The van der Waals surface area contributed by atoms with Crippen LogP contribution in [-0.4, -0.2) is 37.1 Å². The summed E-state index contributed by atoms with van der Waals surface area (Å²) in [5.74, 6) is 0.821. The molecular weight excluding hydrogens is 246 g/mol. The lowest BCUT2D eigenvalue weighted by atomic mass is 9.89. The zero-order valence-electron chi connectivity index (χ0n) is 13.9. The van der Waals surface area contributed by atoms with Gasteiger partial charge in [0.1, 0.15) is 0 Å². The van der Waals surface area contributed by atoms with E-state index in [9.17, 15) is 0 Å². The molecule has 3 heteroatoms. The number of nitriles is 1. The van der Waals surface area contributed by atoms with Crippen molar-refractivity contribution in [3.8, 4) is 6.07 Å². The Bertz CT molecular complexity index is 298. The van der Waals surface area contributed by atoms with Crippen LogP contribution in [0.5, 0.6) is 0 Å². The molecule has 3 nitrogen and oxygen atoms in total. The van der Waals surface area contributed by atoms with Crippen LogP contribution in [0.3, 0.4) is 0 Å². The van der Waals surface area contributed by atoms with Gasteiger partial charge < -0.3 is 10.2 Å². The van der Waals surface area contributed by atoms with Crippen molar-refractivity contribution in [2.45, 2.75) is 65.8 Å². The fourth-order valence-electron chi connectivity index (χ4n) is 2.91. The summed E-state index contributed by atoms with van der Waals surface area (Å²) in [6.07, 6.45) is 6.08. The van der Waals surface area contributed by atoms with Gasteiger partial charge in [0.05, 0.1) is 11.5 Å². The van der Waals surface area contributed by atoms with E-state index < -0.39 is 0 Å². The maximum atomic E-state index is 9.04. The largest absolute Gasteiger partial charge is 0.316 e. The van der Waals surface area contributed by atoms with E-state index in [1.165, 1.54) is 45.4 Å². The second kappa shape index (κ2) is 8.64. The van der Waals surface area contributed by atoms with Crippen molar-refractivity contribution >= 4 is 0 Å². The second-order valence-electron chi connectivity index (χ2n) is 7.25. The Kier molecular flexibility index (Phi) is 7.55. The van der Waals surface area contributed by atoms with Gasteiger partial charge >= 0.3 is 0 Å². The third-order valence-corrected chi connectivity index (χ3v) is 4.42. The zero-order valence-corrected chi connectivity index (χ0v) is 13.9. The highest BCUT2D eigenvalue weighted by molar-refractivity contribution is 4.91. The summed E-state index contributed by atoms with van der Waals surface area (Å²) in [4.78, 5) is 2.62. The molecule has 20 heavy (non-hydrogen) atoms. The van der Waals surface area contributed by atoms with Gasteiger partial charge in [0.25, 0.3) is 0 Å². The summed E-state index contributed by atoms with van der Waals surface area (Å²) >= 11 is 0. The molecule has 1 saturated heterocycles. The molecule has 1 unspecified atom stereocenters. The van der Waals surface area contributed by atoms with E-state index in [2.05, 4.69) is 30.1 Å². The minimum atomic E-state index is -0.157. The fourth-order valence-corrected chi connectivity index (χ4v) is 2.91. The number of nitrogens with zero attached hydrogens (tertiary/aromatic N) is 2. The molecule has 0 saturated carbocycles. The van der Waals surface area contributed by atoms with Crippen molar-refractivity contribution in [1.29, 1.82) is 5.26 Å². The van der Waals surface area contributed by atoms with Crippen molar-refractivity contribution in [1.82, 2.24) is 10.2 Å². The van der Waals surface area contributed by atoms with Gasteiger partial charge in [0, 0.05) is 12.6 Å². The average molecular weight is 279 g/mol. The molecule has 0 spiro atoms. The van der Waals surface area contributed by atoms with Crippen LogP contribution in [0, 0.1) is 22.7 Å². The van der Waals surface area contributed by atoms with Crippen molar-refractivity contribution < 1.29 is 0 Å². The summed E-state index contributed by atoms with van der Waals surface area (Å²) in [5.41, 5.74) is -0.157. The van der Waals surface area contributed by atoms with E-state index in [1.54, 1.807) is 0 Å². The van der Waals surface area contributed by atoms with Crippen LogP contribution in [0.4, 0.5) is 0 Å². The molecule has 116 valence electrons. The number of hydrogen-bond acceptors (Lipinski definition) is 3. The molecule has 1 atom stereocenters. The third kappa shape index (κ3) is 6.72. The standard InChI is InChI=1S/C17H33N3/c1-15(2)20(13-16-8-7-10-19-12-16)11-6-5-9-17(3,4)14-18/h15-16,19H,5-13H2,1-4H3. The van der Waals surface area contributed by atoms with Crippen LogP contribution in [-0.2, 0) is 0 Å². The number of hydrogen-bond donors (Lipinski definition) is 1. The Morgan fingerprint density at radius 2 is 2.10 bits per heavy atom. The predicted octanol–water partition coefficient (Wildman–Crippen LogP) is 3.42. The highest BCUT2D eigenvalue weighted by Crippen LogP contribution is 2.22. The van der Waals surface area contributed by atoms with Gasteiger partial charge in [-0.2, -0.15) is 5.26 Å². The van der Waals surface area contributed by atoms with Crippen molar-refractivity contribution in [3.05, 3.63) is 0 Å². The van der Waals surface area contributed by atoms with Gasteiger partial charge in [-0.3, -0.25) is 0 Å². The van der Waals surface area contributed by atoms with E-state index >= 15 is 0 Å². The fraction of sp³-hybridized carbons (Fsp3) is 0.941. The van der Waals surface area contributed by atoms with Crippen LogP contribution < -0.4 is 5.32 Å². The van der Waals surface area contributed by atoms with Gasteiger partial charge in [-0.15, -0.1) is 0 Å².